The van der Waals surface area contributed by atoms with Crippen LogP contribution in [0, 0.1) is 10.1 Å². The minimum Gasteiger partial charge on any atom is -0.369 e. The van der Waals surface area contributed by atoms with E-state index in [0.717, 1.165) is 0 Å². The van der Waals surface area contributed by atoms with Gasteiger partial charge in [-0.1, -0.05) is 11.6 Å². The molecule has 0 spiro atoms. The van der Waals surface area contributed by atoms with Crippen molar-refractivity contribution in [3.8, 4) is 0 Å². The lowest BCUT2D eigenvalue weighted by Crippen LogP contribution is -2.31. The zero-order valence-electron chi connectivity index (χ0n) is 11.4. The number of nitro groups is 1. The molecule has 0 radical (unpaired) electrons. The van der Waals surface area contributed by atoms with E-state index in [4.69, 9.17) is 11.6 Å². The molecule has 1 aromatic rings. The standard InChI is InChI=1S/C12H17ClN4O3/c1-3-16(4-2)12(18)5-6-14-11-8-9(17(19)20)7-10(13)15-11/h7-8H,3-6H2,1-2H3,(H,14,15). The van der Waals surface area contributed by atoms with Crippen molar-refractivity contribution in [2.24, 2.45) is 0 Å². The van der Waals surface area contributed by atoms with E-state index >= 15 is 0 Å². The predicted octanol–water partition coefficient (Wildman–Crippen LogP) is 2.31. The second-order valence-electron chi connectivity index (χ2n) is 4.03. The van der Waals surface area contributed by atoms with Crippen LogP contribution in [0.15, 0.2) is 12.1 Å². The van der Waals surface area contributed by atoms with E-state index in [-0.39, 0.29) is 22.6 Å². The number of nitrogens with one attached hydrogen (secondary N) is 1. The molecule has 0 fully saturated rings. The van der Waals surface area contributed by atoms with E-state index in [1.807, 2.05) is 13.8 Å². The normalized spacial score (nSPS) is 10.2. The summed E-state index contributed by atoms with van der Waals surface area (Å²) in [5.74, 6) is 0.315. The number of pyridine rings is 1. The maximum absolute atomic E-state index is 11.8. The number of nitrogens with zero attached hydrogens (tertiary/aromatic N) is 3. The molecule has 0 aliphatic carbocycles. The first kappa shape index (κ1) is 16.2. The Morgan fingerprint density at radius 3 is 2.65 bits per heavy atom. The molecule has 0 saturated carbocycles. The Bertz CT molecular complexity index is 492. The lowest BCUT2D eigenvalue weighted by molar-refractivity contribution is -0.384. The molecule has 1 amide bonds. The Hall–Kier alpha value is -1.89. The van der Waals surface area contributed by atoms with Crippen LogP contribution in [0.5, 0.6) is 0 Å². The fraction of sp³-hybridized carbons (Fsp3) is 0.500. The van der Waals surface area contributed by atoms with E-state index in [1.54, 1.807) is 4.90 Å². The van der Waals surface area contributed by atoms with Gasteiger partial charge in [-0.3, -0.25) is 14.9 Å². The predicted molar refractivity (Wildman–Crippen MR) is 76.9 cm³/mol. The van der Waals surface area contributed by atoms with E-state index in [0.29, 0.717) is 26.1 Å². The number of anilines is 1. The van der Waals surface area contributed by atoms with E-state index in [9.17, 15) is 14.9 Å². The van der Waals surface area contributed by atoms with Crippen LogP contribution in [0.25, 0.3) is 0 Å². The van der Waals surface area contributed by atoms with E-state index < -0.39 is 4.92 Å². The minimum absolute atomic E-state index is 0.0269. The van der Waals surface area contributed by atoms with Crippen molar-refractivity contribution in [2.45, 2.75) is 20.3 Å². The number of halogens is 1. The van der Waals surface area contributed by atoms with Crippen molar-refractivity contribution in [1.29, 1.82) is 0 Å². The zero-order valence-corrected chi connectivity index (χ0v) is 12.2. The summed E-state index contributed by atoms with van der Waals surface area (Å²) in [4.78, 5) is 27.6. The second-order valence-corrected chi connectivity index (χ2v) is 4.42. The maximum atomic E-state index is 11.8. The molecule has 1 N–H and O–H groups in total. The van der Waals surface area contributed by atoms with Crippen LogP contribution in [-0.4, -0.2) is 40.3 Å². The SMILES string of the molecule is CCN(CC)C(=O)CCNc1cc([N+](=O)[O-])cc(Cl)n1. The largest absolute Gasteiger partial charge is 0.369 e. The summed E-state index contributed by atoms with van der Waals surface area (Å²) in [6.07, 6.45) is 0.295. The van der Waals surface area contributed by atoms with Gasteiger partial charge in [-0.15, -0.1) is 0 Å². The third-order valence-corrected chi connectivity index (χ3v) is 2.94. The molecule has 8 heteroatoms. The molecular weight excluding hydrogens is 284 g/mol. The van der Waals surface area contributed by atoms with Crippen LogP contribution >= 0.6 is 11.6 Å². The number of carbonyl (C=O) groups excluding carboxylic acids is 1. The highest BCUT2D eigenvalue weighted by molar-refractivity contribution is 6.29. The van der Waals surface area contributed by atoms with Crippen molar-refractivity contribution in [2.75, 3.05) is 25.0 Å². The Morgan fingerprint density at radius 1 is 1.45 bits per heavy atom. The summed E-state index contributed by atoms with van der Waals surface area (Å²) in [6.45, 7) is 5.50. The molecule has 7 nitrogen and oxygen atoms in total. The van der Waals surface area contributed by atoms with Gasteiger partial charge in [-0.2, -0.15) is 0 Å². The van der Waals surface area contributed by atoms with Crippen molar-refractivity contribution in [3.05, 3.63) is 27.4 Å². The van der Waals surface area contributed by atoms with Gasteiger partial charge in [0.2, 0.25) is 5.91 Å². The zero-order chi connectivity index (χ0) is 15.1. The number of hydrogen-bond acceptors (Lipinski definition) is 5. The summed E-state index contributed by atoms with van der Waals surface area (Å²) in [6, 6.07) is 2.46. The van der Waals surface area contributed by atoms with Crippen LogP contribution in [0.4, 0.5) is 11.5 Å². The lowest BCUT2D eigenvalue weighted by Gasteiger charge is -2.18. The van der Waals surface area contributed by atoms with Crippen molar-refractivity contribution >= 4 is 29.0 Å². The Balaban J connectivity index is 2.58. The van der Waals surface area contributed by atoms with Gasteiger partial charge in [0.25, 0.3) is 5.69 Å². The van der Waals surface area contributed by atoms with Crippen LogP contribution in [0.2, 0.25) is 5.15 Å². The number of carbonyl (C=O) groups is 1. The molecular formula is C12H17ClN4O3. The van der Waals surface area contributed by atoms with Crippen LogP contribution in [0.3, 0.4) is 0 Å². The fourth-order valence-electron chi connectivity index (χ4n) is 1.71. The molecule has 110 valence electrons. The van der Waals surface area contributed by atoms with Gasteiger partial charge in [0.1, 0.15) is 11.0 Å². The Labute approximate surface area is 122 Å². The summed E-state index contributed by atoms with van der Waals surface area (Å²) in [5, 5.41) is 13.6. The van der Waals surface area contributed by atoms with Gasteiger partial charge < -0.3 is 10.2 Å². The monoisotopic (exact) mass is 300 g/mol. The van der Waals surface area contributed by atoms with Crippen molar-refractivity contribution in [3.63, 3.8) is 0 Å². The van der Waals surface area contributed by atoms with E-state index in [2.05, 4.69) is 10.3 Å². The average Bonchev–Trinajstić information content (AvgIpc) is 2.39. The van der Waals surface area contributed by atoms with Crippen molar-refractivity contribution in [1.82, 2.24) is 9.88 Å². The van der Waals surface area contributed by atoms with Crippen LogP contribution < -0.4 is 5.32 Å². The fourth-order valence-corrected chi connectivity index (χ4v) is 1.91. The van der Waals surface area contributed by atoms with Gasteiger partial charge in [0.15, 0.2) is 0 Å². The molecule has 20 heavy (non-hydrogen) atoms. The first-order valence-corrected chi connectivity index (χ1v) is 6.69. The van der Waals surface area contributed by atoms with Gasteiger partial charge in [-0.05, 0) is 13.8 Å². The molecule has 0 aromatic carbocycles. The number of rotatable bonds is 7. The highest BCUT2D eigenvalue weighted by Gasteiger charge is 2.12. The molecule has 1 aromatic heterocycles. The van der Waals surface area contributed by atoms with Crippen LogP contribution in [-0.2, 0) is 4.79 Å². The topological polar surface area (TPSA) is 88.4 Å². The maximum Gasteiger partial charge on any atom is 0.276 e. The molecule has 0 bridgehead atoms. The average molecular weight is 301 g/mol. The number of aromatic nitrogens is 1. The first-order chi connectivity index (χ1) is 9.47. The highest BCUT2D eigenvalue weighted by Crippen LogP contribution is 2.20. The summed E-state index contributed by atoms with van der Waals surface area (Å²) >= 11 is 5.70. The van der Waals surface area contributed by atoms with Crippen molar-refractivity contribution < 1.29 is 9.72 Å². The molecule has 1 heterocycles. The van der Waals surface area contributed by atoms with E-state index in [1.165, 1.54) is 12.1 Å². The molecule has 0 aliphatic heterocycles. The van der Waals surface area contributed by atoms with Gasteiger partial charge in [0.05, 0.1) is 17.1 Å². The third-order valence-electron chi connectivity index (χ3n) is 2.75. The molecule has 1 rings (SSSR count). The highest BCUT2D eigenvalue weighted by atomic mass is 35.5. The molecule has 0 atom stereocenters. The second kappa shape index (κ2) is 7.64. The number of amides is 1. The smallest absolute Gasteiger partial charge is 0.276 e. The lowest BCUT2D eigenvalue weighted by atomic mass is 10.3. The first-order valence-electron chi connectivity index (χ1n) is 6.31. The summed E-state index contributed by atoms with van der Waals surface area (Å²) in [7, 11) is 0. The van der Waals surface area contributed by atoms with Gasteiger partial charge in [0, 0.05) is 26.1 Å². The quantitative estimate of drug-likeness (QED) is 0.474. The molecule has 0 unspecified atom stereocenters. The Morgan fingerprint density at radius 2 is 2.10 bits per heavy atom. The summed E-state index contributed by atoms with van der Waals surface area (Å²) < 4.78 is 0. The third kappa shape index (κ3) is 4.65. The minimum atomic E-state index is -0.542. The van der Waals surface area contributed by atoms with Gasteiger partial charge in [-0.25, -0.2) is 4.98 Å². The molecule has 0 saturated heterocycles. The van der Waals surface area contributed by atoms with Crippen LogP contribution in [0.1, 0.15) is 20.3 Å². The van der Waals surface area contributed by atoms with Gasteiger partial charge >= 0.3 is 0 Å². The Kier molecular flexibility index (Phi) is 6.17. The molecule has 0 aliphatic rings. The summed E-state index contributed by atoms with van der Waals surface area (Å²) in [5.41, 5.74) is -0.137. The number of hydrogen-bond donors (Lipinski definition) is 1.